The molecule has 2 aromatic carbocycles. The number of hydrazone groups is 1. The van der Waals surface area contributed by atoms with Gasteiger partial charge in [-0.15, -0.1) is 0 Å². The molecule has 0 aromatic heterocycles. The SMILES string of the molecule is CC[C@H]1C[C@H]1c1cccc(N=CC(=NN)c2ccccc2)c1. The average Bonchev–Trinajstić information content (AvgIpc) is 3.36. The molecule has 1 saturated carbocycles. The van der Waals surface area contributed by atoms with Crippen LogP contribution < -0.4 is 5.84 Å². The van der Waals surface area contributed by atoms with Crippen molar-refractivity contribution in [3.63, 3.8) is 0 Å². The molecule has 3 nitrogen and oxygen atoms in total. The van der Waals surface area contributed by atoms with Crippen LogP contribution in [0.3, 0.4) is 0 Å². The Hall–Kier alpha value is -2.42. The minimum Gasteiger partial charge on any atom is -0.323 e. The Balaban J connectivity index is 1.76. The molecule has 0 amide bonds. The van der Waals surface area contributed by atoms with Crippen LogP contribution in [0.15, 0.2) is 64.7 Å². The number of nitrogens with two attached hydrogens (primary N) is 1. The topological polar surface area (TPSA) is 50.7 Å². The molecule has 3 heteroatoms. The highest BCUT2D eigenvalue weighted by Gasteiger charge is 2.36. The lowest BCUT2D eigenvalue weighted by Gasteiger charge is -2.02. The van der Waals surface area contributed by atoms with Gasteiger partial charge < -0.3 is 5.84 Å². The van der Waals surface area contributed by atoms with Crippen LogP contribution in [0.25, 0.3) is 0 Å². The van der Waals surface area contributed by atoms with Gasteiger partial charge in [-0.2, -0.15) is 5.10 Å². The quantitative estimate of drug-likeness (QED) is 0.499. The first-order valence-electron chi connectivity index (χ1n) is 7.79. The minimum absolute atomic E-state index is 0.684. The first-order chi connectivity index (χ1) is 10.8. The number of aliphatic imine (C=N–C) groups is 1. The van der Waals surface area contributed by atoms with Crippen molar-refractivity contribution in [2.24, 2.45) is 21.9 Å². The fraction of sp³-hybridized carbons (Fsp3) is 0.263. The predicted octanol–water partition coefficient (Wildman–Crippen LogP) is 4.27. The Morgan fingerprint density at radius 2 is 2.00 bits per heavy atom. The zero-order valence-electron chi connectivity index (χ0n) is 12.8. The van der Waals surface area contributed by atoms with Crippen molar-refractivity contribution >= 4 is 17.6 Å². The Labute approximate surface area is 131 Å². The number of hydrogen-bond donors (Lipinski definition) is 1. The van der Waals surface area contributed by atoms with Gasteiger partial charge in [0.2, 0.25) is 0 Å². The summed E-state index contributed by atoms with van der Waals surface area (Å²) in [4.78, 5) is 4.54. The Morgan fingerprint density at radius 3 is 2.68 bits per heavy atom. The number of rotatable bonds is 5. The average molecular weight is 291 g/mol. The largest absolute Gasteiger partial charge is 0.323 e. The molecule has 1 aliphatic rings. The third kappa shape index (κ3) is 3.25. The molecule has 0 heterocycles. The molecule has 3 rings (SSSR count). The van der Waals surface area contributed by atoms with E-state index in [-0.39, 0.29) is 0 Å². The van der Waals surface area contributed by atoms with E-state index in [9.17, 15) is 0 Å². The van der Waals surface area contributed by atoms with Gasteiger partial charge in [0, 0.05) is 5.56 Å². The first-order valence-corrected chi connectivity index (χ1v) is 7.79. The van der Waals surface area contributed by atoms with E-state index >= 15 is 0 Å². The predicted molar refractivity (Wildman–Crippen MR) is 92.9 cm³/mol. The number of nitrogens with zero attached hydrogens (tertiary/aromatic N) is 2. The highest BCUT2D eigenvalue weighted by atomic mass is 15.1. The van der Waals surface area contributed by atoms with Crippen molar-refractivity contribution in [1.82, 2.24) is 0 Å². The van der Waals surface area contributed by atoms with Crippen LogP contribution >= 0.6 is 0 Å². The molecule has 0 unspecified atom stereocenters. The molecule has 1 aliphatic carbocycles. The molecule has 0 aliphatic heterocycles. The van der Waals surface area contributed by atoms with E-state index in [1.807, 2.05) is 36.4 Å². The lowest BCUT2D eigenvalue weighted by molar-refractivity contribution is 0.766. The van der Waals surface area contributed by atoms with E-state index in [1.54, 1.807) is 6.21 Å². The zero-order chi connectivity index (χ0) is 15.4. The third-order valence-corrected chi connectivity index (χ3v) is 4.29. The lowest BCUT2D eigenvalue weighted by atomic mass is 10.1. The Kier molecular flexibility index (Phi) is 4.33. The van der Waals surface area contributed by atoms with E-state index in [4.69, 9.17) is 5.84 Å². The Morgan fingerprint density at radius 1 is 1.18 bits per heavy atom. The van der Waals surface area contributed by atoms with Gasteiger partial charge in [0.05, 0.1) is 11.9 Å². The summed E-state index contributed by atoms with van der Waals surface area (Å²) in [6.07, 6.45) is 4.30. The number of benzene rings is 2. The molecular formula is C19H21N3. The van der Waals surface area contributed by atoms with Gasteiger partial charge in [0.25, 0.3) is 0 Å². The van der Waals surface area contributed by atoms with E-state index in [0.29, 0.717) is 5.71 Å². The molecule has 2 aromatic rings. The molecule has 0 radical (unpaired) electrons. The van der Waals surface area contributed by atoms with Crippen molar-refractivity contribution in [3.8, 4) is 0 Å². The van der Waals surface area contributed by atoms with Gasteiger partial charge in [-0.1, -0.05) is 55.8 Å². The maximum absolute atomic E-state index is 5.49. The molecule has 1 fully saturated rings. The summed E-state index contributed by atoms with van der Waals surface area (Å²) < 4.78 is 0. The van der Waals surface area contributed by atoms with Gasteiger partial charge >= 0.3 is 0 Å². The minimum atomic E-state index is 0.684. The Bertz CT molecular complexity index is 689. The zero-order valence-corrected chi connectivity index (χ0v) is 12.8. The monoisotopic (exact) mass is 291 g/mol. The summed E-state index contributed by atoms with van der Waals surface area (Å²) in [6.45, 7) is 2.26. The van der Waals surface area contributed by atoms with Crippen LogP contribution in [0, 0.1) is 5.92 Å². The second-order valence-corrected chi connectivity index (χ2v) is 5.74. The molecule has 22 heavy (non-hydrogen) atoms. The fourth-order valence-corrected chi connectivity index (χ4v) is 2.87. The molecule has 0 saturated heterocycles. The van der Waals surface area contributed by atoms with Gasteiger partial charge in [-0.05, 0) is 36.0 Å². The summed E-state index contributed by atoms with van der Waals surface area (Å²) in [5.41, 5.74) is 4.01. The highest BCUT2D eigenvalue weighted by Crippen LogP contribution is 2.49. The molecular weight excluding hydrogens is 270 g/mol. The van der Waals surface area contributed by atoms with Crippen LogP contribution in [0.2, 0.25) is 0 Å². The normalized spacial score (nSPS) is 21.2. The second-order valence-electron chi connectivity index (χ2n) is 5.74. The van der Waals surface area contributed by atoms with E-state index in [0.717, 1.165) is 23.1 Å². The van der Waals surface area contributed by atoms with Crippen LogP contribution in [0.4, 0.5) is 5.69 Å². The summed E-state index contributed by atoms with van der Waals surface area (Å²) >= 11 is 0. The van der Waals surface area contributed by atoms with Gasteiger partial charge in [0.1, 0.15) is 5.71 Å². The number of hydrogen-bond acceptors (Lipinski definition) is 3. The standard InChI is InChI=1S/C19H21N3/c1-2-14-12-18(14)16-9-6-10-17(11-16)21-13-19(22-20)15-7-4-3-5-8-15/h3-11,13-14,18H,2,12,20H2,1H3/t14-,18+/m0/s1. The van der Waals surface area contributed by atoms with Crippen LogP contribution in [-0.4, -0.2) is 11.9 Å². The lowest BCUT2D eigenvalue weighted by Crippen LogP contribution is -2.05. The summed E-state index contributed by atoms with van der Waals surface area (Å²) in [7, 11) is 0. The molecule has 2 atom stereocenters. The van der Waals surface area contributed by atoms with Crippen molar-refractivity contribution in [2.45, 2.75) is 25.7 Å². The summed E-state index contributed by atoms with van der Waals surface area (Å²) in [6, 6.07) is 18.3. The maximum atomic E-state index is 5.49. The van der Waals surface area contributed by atoms with Crippen molar-refractivity contribution in [2.75, 3.05) is 0 Å². The van der Waals surface area contributed by atoms with Crippen molar-refractivity contribution in [1.29, 1.82) is 0 Å². The summed E-state index contributed by atoms with van der Waals surface area (Å²) in [5.74, 6) is 7.06. The highest BCUT2D eigenvalue weighted by molar-refractivity contribution is 6.38. The van der Waals surface area contributed by atoms with E-state index < -0.39 is 0 Å². The molecule has 0 spiro atoms. The van der Waals surface area contributed by atoms with Crippen molar-refractivity contribution < 1.29 is 0 Å². The van der Waals surface area contributed by atoms with E-state index in [1.165, 1.54) is 18.4 Å². The molecule has 0 bridgehead atoms. The maximum Gasteiger partial charge on any atom is 0.108 e. The van der Waals surface area contributed by atoms with Crippen LogP contribution in [0.1, 0.15) is 36.8 Å². The molecule has 112 valence electrons. The first kappa shape index (κ1) is 14.5. The second kappa shape index (κ2) is 6.56. The van der Waals surface area contributed by atoms with Crippen molar-refractivity contribution in [3.05, 3.63) is 65.7 Å². The van der Waals surface area contributed by atoms with Gasteiger partial charge in [0.15, 0.2) is 0 Å². The van der Waals surface area contributed by atoms with Gasteiger partial charge in [-0.3, -0.25) is 4.99 Å². The smallest absolute Gasteiger partial charge is 0.108 e. The molecule has 2 N–H and O–H groups in total. The van der Waals surface area contributed by atoms with Crippen LogP contribution in [0.5, 0.6) is 0 Å². The summed E-state index contributed by atoms with van der Waals surface area (Å²) in [5, 5.41) is 3.84. The third-order valence-electron chi connectivity index (χ3n) is 4.29. The van der Waals surface area contributed by atoms with E-state index in [2.05, 4.69) is 35.2 Å². The van der Waals surface area contributed by atoms with Crippen LogP contribution in [-0.2, 0) is 0 Å². The van der Waals surface area contributed by atoms with Gasteiger partial charge in [-0.25, -0.2) is 0 Å². The fourth-order valence-electron chi connectivity index (χ4n) is 2.87.